The Morgan fingerprint density at radius 3 is 1.24 bits per heavy atom. The SMILES string of the molecule is CCCCCCCC/C=C/CCCCCC(=O)O[C@@H](COC(=O)CCCCCCCCCCCCCCCCCCCCCCCCC)CO[C@@H]1O[C@H](CO[C@@H]2O[C@H](CO)[C@H](O)C(O)C2O)[C@H](O)C(O)C1O. The highest BCUT2D eigenvalue weighted by Gasteiger charge is 2.47. The Bertz CT molecular complexity index is 1300. The van der Waals surface area contributed by atoms with Gasteiger partial charge in [-0.3, -0.25) is 9.59 Å². The first-order chi connectivity index (χ1) is 35.0. The standard InChI is InChI=1S/C57H106O15/c1-3-5-7-9-11-13-15-17-18-19-20-21-22-23-24-25-26-28-29-31-33-35-37-39-48(59)67-42-45(70-49(60)40-38-36-34-32-30-27-16-14-12-10-8-6-4-2)43-68-56-55(66)53(64)51(62)47(72-56)44-69-57-54(65)52(63)50(61)46(41-58)71-57/h27,30,45-47,50-58,61-66H,3-26,28-29,31-44H2,1-2H3/b30-27+/t45-,46+,47+,50-,51-,52?,53?,54?,55?,56+,57+/m0/s1. The Balaban J connectivity index is 1.71. The van der Waals surface area contributed by atoms with Gasteiger partial charge >= 0.3 is 11.9 Å². The number of carbonyl (C=O) groups excluding carboxylic acids is 2. The fourth-order valence-electron chi connectivity index (χ4n) is 9.45. The second-order valence-corrected chi connectivity index (χ2v) is 20.8. The molecule has 0 aliphatic carbocycles. The number of hydrogen-bond acceptors (Lipinski definition) is 15. The Morgan fingerprint density at radius 1 is 0.431 bits per heavy atom. The molecule has 2 aliphatic rings. The summed E-state index contributed by atoms with van der Waals surface area (Å²) in [6.07, 6.45) is 29.6. The molecular weight excluding hydrogens is 925 g/mol. The molecule has 2 fully saturated rings. The van der Waals surface area contributed by atoms with Gasteiger partial charge in [0.15, 0.2) is 18.7 Å². The molecule has 15 nitrogen and oxygen atoms in total. The monoisotopic (exact) mass is 1030 g/mol. The fraction of sp³-hybridized carbons (Fsp3) is 0.930. The van der Waals surface area contributed by atoms with Gasteiger partial charge in [-0.1, -0.05) is 206 Å². The number of carbonyl (C=O) groups is 2. The summed E-state index contributed by atoms with van der Waals surface area (Å²) in [5.41, 5.74) is 0. The molecule has 11 atom stereocenters. The average molecular weight is 1030 g/mol. The third-order valence-electron chi connectivity index (χ3n) is 14.2. The van der Waals surface area contributed by atoms with Crippen molar-refractivity contribution in [3.8, 4) is 0 Å². The summed E-state index contributed by atoms with van der Waals surface area (Å²) in [6.45, 7) is 2.61. The van der Waals surface area contributed by atoms with Crippen LogP contribution in [0.2, 0.25) is 0 Å². The average Bonchev–Trinajstić information content (AvgIpc) is 3.37. The predicted molar refractivity (Wildman–Crippen MR) is 280 cm³/mol. The summed E-state index contributed by atoms with van der Waals surface area (Å²) in [4.78, 5) is 25.8. The molecule has 424 valence electrons. The lowest BCUT2D eigenvalue weighted by Crippen LogP contribution is -2.61. The van der Waals surface area contributed by atoms with E-state index in [1.165, 1.54) is 161 Å². The van der Waals surface area contributed by atoms with Crippen molar-refractivity contribution in [3.05, 3.63) is 12.2 Å². The highest BCUT2D eigenvalue weighted by molar-refractivity contribution is 5.70. The van der Waals surface area contributed by atoms with Gasteiger partial charge < -0.3 is 64.2 Å². The molecule has 0 aromatic heterocycles. The quantitative estimate of drug-likeness (QED) is 0.0171. The molecule has 4 unspecified atom stereocenters. The van der Waals surface area contributed by atoms with Crippen LogP contribution in [0.25, 0.3) is 0 Å². The third kappa shape index (κ3) is 31.3. The smallest absolute Gasteiger partial charge is 0.306 e. The van der Waals surface area contributed by atoms with Gasteiger partial charge in [0.1, 0.15) is 55.4 Å². The molecule has 2 rings (SSSR count). The molecule has 2 heterocycles. The molecule has 0 saturated carbocycles. The summed E-state index contributed by atoms with van der Waals surface area (Å²) >= 11 is 0. The van der Waals surface area contributed by atoms with E-state index in [9.17, 15) is 45.3 Å². The summed E-state index contributed by atoms with van der Waals surface area (Å²) in [6, 6.07) is 0. The number of aliphatic hydroxyl groups excluding tert-OH is 7. The normalized spacial score (nSPS) is 25.0. The zero-order valence-corrected chi connectivity index (χ0v) is 45.2. The van der Waals surface area contributed by atoms with Crippen molar-refractivity contribution in [2.45, 2.75) is 313 Å². The van der Waals surface area contributed by atoms with Crippen molar-refractivity contribution >= 4 is 11.9 Å². The van der Waals surface area contributed by atoms with Crippen molar-refractivity contribution in [2.24, 2.45) is 0 Å². The minimum absolute atomic E-state index is 0.149. The number of rotatable bonds is 47. The van der Waals surface area contributed by atoms with E-state index in [0.717, 1.165) is 44.9 Å². The minimum atomic E-state index is -1.76. The predicted octanol–water partition coefficient (Wildman–Crippen LogP) is 9.72. The van der Waals surface area contributed by atoms with Crippen LogP contribution in [0, 0.1) is 0 Å². The molecular formula is C57H106O15. The Morgan fingerprint density at radius 2 is 0.792 bits per heavy atom. The maximum Gasteiger partial charge on any atom is 0.306 e. The van der Waals surface area contributed by atoms with Gasteiger partial charge in [-0.25, -0.2) is 0 Å². The maximum atomic E-state index is 13.0. The highest BCUT2D eigenvalue weighted by Crippen LogP contribution is 2.27. The van der Waals surface area contributed by atoms with Crippen molar-refractivity contribution < 1.29 is 73.8 Å². The Kier molecular flexibility index (Phi) is 40.9. The van der Waals surface area contributed by atoms with Gasteiger partial charge in [0.05, 0.1) is 19.8 Å². The molecule has 7 N–H and O–H groups in total. The summed E-state index contributed by atoms with van der Waals surface area (Å²) in [5, 5.41) is 72.2. The number of hydrogen-bond donors (Lipinski definition) is 7. The minimum Gasteiger partial charge on any atom is -0.462 e. The first kappa shape index (κ1) is 66.4. The molecule has 0 radical (unpaired) electrons. The summed E-state index contributed by atoms with van der Waals surface area (Å²) in [7, 11) is 0. The van der Waals surface area contributed by atoms with E-state index >= 15 is 0 Å². The van der Waals surface area contributed by atoms with Crippen molar-refractivity contribution in [1.82, 2.24) is 0 Å². The van der Waals surface area contributed by atoms with Crippen molar-refractivity contribution in [2.75, 3.05) is 26.4 Å². The lowest BCUT2D eigenvalue weighted by Gasteiger charge is -2.42. The van der Waals surface area contributed by atoms with Crippen LogP contribution in [0.15, 0.2) is 12.2 Å². The molecule has 72 heavy (non-hydrogen) atoms. The number of esters is 2. The van der Waals surface area contributed by atoms with Gasteiger partial charge in [-0.15, -0.1) is 0 Å². The number of ether oxygens (including phenoxy) is 6. The van der Waals surface area contributed by atoms with E-state index in [1.54, 1.807) is 0 Å². The van der Waals surface area contributed by atoms with E-state index in [2.05, 4.69) is 26.0 Å². The van der Waals surface area contributed by atoms with Crippen LogP contribution in [0.3, 0.4) is 0 Å². The molecule has 0 spiro atoms. The van der Waals surface area contributed by atoms with Gasteiger partial charge in [-0.2, -0.15) is 0 Å². The number of allylic oxidation sites excluding steroid dienone is 2. The molecule has 2 aliphatic heterocycles. The van der Waals surface area contributed by atoms with Crippen LogP contribution in [0.4, 0.5) is 0 Å². The van der Waals surface area contributed by atoms with Crippen LogP contribution >= 0.6 is 0 Å². The van der Waals surface area contributed by atoms with Crippen LogP contribution in [0.1, 0.15) is 245 Å². The second kappa shape index (κ2) is 44.4. The number of unbranched alkanes of at least 4 members (excludes halogenated alkanes) is 31. The van der Waals surface area contributed by atoms with Gasteiger partial charge in [0, 0.05) is 12.8 Å². The van der Waals surface area contributed by atoms with Crippen molar-refractivity contribution in [3.63, 3.8) is 0 Å². The Labute approximate surface area is 435 Å². The lowest BCUT2D eigenvalue weighted by molar-refractivity contribution is -0.332. The van der Waals surface area contributed by atoms with E-state index in [4.69, 9.17) is 28.4 Å². The van der Waals surface area contributed by atoms with Crippen molar-refractivity contribution in [1.29, 1.82) is 0 Å². The zero-order valence-electron chi connectivity index (χ0n) is 45.2. The molecule has 2 saturated heterocycles. The lowest BCUT2D eigenvalue weighted by atomic mass is 9.98. The molecule has 0 aromatic rings. The maximum absolute atomic E-state index is 13.0. The van der Waals surface area contributed by atoms with Gasteiger partial charge in [0.2, 0.25) is 0 Å². The van der Waals surface area contributed by atoms with Crippen LogP contribution < -0.4 is 0 Å². The van der Waals surface area contributed by atoms with Crippen LogP contribution in [0.5, 0.6) is 0 Å². The summed E-state index contributed by atoms with van der Waals surface area (Å²) in [5.74, 6) is -0.929. The molecule has 0 aromatic carbocycles. The molecule has 15 heteroatoms. The van der Waals surface area contributed by atoms with Crippen LogP contribution in [-0.2, 0) is 38.0 Å². The van der Waals surface area contributed by atoms with E-state index in [0.29, 0.717) is 12.8 Å². The molecule has 0 amide bonds. The first-order valence-corrected chi connectivity index (χ1v) is 29.3. The molecule has 0 bridgehead atoms. The zero-order chi connectivity index (χ0) is 52.4. The first-order valence-electron chi connectivity index (χ1n) is 29.3. The fourth-order valence-corrected chi connectivity index (χ4v) is 9.45. The van der Waals surface area contributed by atoms with E-state index < -0.39 is 92.7 Å². The van der Waals surface area contributed by atoms with E-state index in [-0.39, 0.29) is 26.1 Å². The van der Waals surface area contributed by atoms with E-state index in [1.807, 2.05) is 0 Å². The summed E-state index contributed by atoms with van der Waals surface area (Å²) < 4.78 is 33.7. The van der Waals surface area contributed by atoms with Gasteiger partial charge in [0.25, 0.3) is 0 Å². The van der Waals surface area contributed by atoms with Gasteiger partial charge in [-0.05, 0) is 38.5 Å². The third-order valence-corrected chi connectivity index (χ3v) is 14.2. The highest BCUT2D eigenvalue weighted by atomic mass is 16.7. The topological polar surface area (TPSA) is 231 Å². The Hall–Kier alpha value is -1.76. The number of aliphatic hydroxyl groups is 7. The largest absolute Gasteiger partial charge is 0.462 e. The van der Waals surface area contributed by atoms with Crippen LogP contribution in [-0.4, -0.2) is 142 Å². The second-order valence-electron chi connectivity index (χ2n) is 20.8.